The van der Waals surface area contributed by atoms with E-state index in [0.717, 1.165) is 10.0 Å². The number of aromatic amines is 1. The average molecular weight is 473 g/mol. The summed E-state index contributed by atoms with van der Waals surface area (Å²) in [6, 6.07) is 5.31. The number of halogens is 6. The summed E-state index contributed by atoms with van der Waals surface area (Å²) in [6.07, 6.45) is -7.11. The van der Waals surface area contributed by atoms with Gasteiger partial charge in [-0.25, -0.2) is 19.3 Å². The SMILES string of the molecule is Cc1cc(Br)ccc1-n1c(CC(CN)=C(F)F)n[nH]c1=O.O=C(O)C(F)(F)F. The standard InChI is InChI=1S/C13H13BrF2N4O.C2HF3O2/c1-7-4-9(14)2-3-10(7)20-11(18-19-13(20)21)5-8(6-17)12(15)16;3-2(4,5)1(6)7/h2-4H,5-6,17H2,1H3,(H,19,21);(H,6,7). The van der Waals surface area contributed by atoms with Crippen molar-refractivity contribution >= 4 is 21.9 Å². The molecule has 0 aliphatic carbocycles. The number of carboxylic acids is 1. The van der Waals surface area contributed by atoms with Gasteiger partial charge in [-0.1, -0.05) is 15.9 Å². The maximum atomic E-state index is 12.7. The van der Waals surface area contributed by atoms with Crippen LogP contribution in [-0.4, -0.2) is 38.6 Å². The van der Waals surface area contributed by atoms with Gasteiger partial charge in [0.2, 0.25) is 0 Å². The van der Waals surface area contributed by atoms with E-state index in [-0.39, 0.29) is 24.4 Å². The minimum atomic E-state index is -5.08. The predicted octanol–water partition coefficient (Wildman–Crippen LogP) is 2.92. The van der Waals surface area contributed by atoms with E-state index in [4.69, 9.17) is 15.6 Å². The number of aliphatic carboxylic acids is 1. The molecule has 1 aromatic heterocycles. The number of nitrogens with one attached hydrogen (secondary N) is 1. The first kappa shape index (κ1) is 23.5. The second-order valence-electron chi connectivity index (χ2n) is 5.26. The Hall–Kier alpha value is -2.54. The Morgan fingerprint density at radius 2 is 1.93 bits per heavy atom. The number of nitrogens with two attached hydrogens (primary N) is 1. The van der Waals surface area contributed by atoms with Crippen molar-refractivity contribution in [2.45, 2.75) is 19.5 Å². The van der Waals surface area contributed by atoms with E-state index >= 15 is 0 Å². The molecule has 0 saturated heterocycles. The monoisotopic (exact) mass is 472 g/mol. The molecule has 0 unspecified atom stereocenters. The number of alkyl halides is 3. The predicted molar refractivity (Wildman–Crippen MR) is 92.3 cm³/mol. The summed E-state index contributed by atoms with van der Waals surface area (Å²) in [5, 5.41) is 13.2. The maximum absolute atomic E-state index is 12.7. The summed E-state index contributed by atoms with van der Waals surface area (Å²) in [6.45, 7) is 1.53. The number of carboxylic acid groups (broad SMARTS) is 1. The molecule has 7 nitrogen and oxygen atoms in total. The summed E-state index contributed by atoms with van der Waals surface area (Å²) in [5.41, 5.74) is 5.97. The van der Waals surface area contributed by atoms with Crippen LogP contribution in [-0.2, 0) is 11.2 Å². The average Bonchev–Trinajstić information content (AvgIpc) is 2.92. The molecular weight excluding hydrogens is 459 g/mol. The number of rotatable bonds is 4. The summed E-state index contributed by atoms with van der Waals surface area (Å²) in [4.78, 5) is 20.8. The molecule has 0 aliphatic rings. The van der Waals surface area contributed by atoms with E-state index in [2.05, 4.69) is 26.1 Å². The molecule has 1 heterocycles. The van der Waals surface area contributed by atoms with Crippen LogP contribution in [0.5, 0.6) is 0 Å². The summed E-state index contributed by atoms with van der Waals surface area (Å²) < 4.78 is 59.3. The second-order valence-corrected chi connectivity index (χ2v) is 6.17. The number of benzene rings is 1. The zero-order chi connectivity index (χ0) is 21.6. The lowest BCUT2D eigenvalue weighted by Crippen LogP contribution is -2.21. The van der Waals surface area contributed by atoms with Gasteiger partial charge in [0.25, 0.3) is 6.08 Å². The number of aryl methyl sites for hydroxylation is 1. The van der Waals surface area contributed by atoms with E-state index in [9.17, 15) is 26.7 Å². The molecule has 0 atom stereocenters. The number of hydrogen-bond acceptors (Lipinski definition) is 4. The van der Waals surface area contributed by atoms with Gasteiger partial charge in [-0.05, 0) is 30.7 Å². The lowest BCUT2D eigenvalue weighted by atomic mass is 10.1. The van der Waals surface area contributed by atoms with Crippen molar-refractivity contribution < 1.29 is 31.9 Å². The maximum Gasteiger partial charge on any atom is 0.490 e. The second kappa shape index (κ2) is 9.59. The molecule has 0 amide bonds. The van der Waals surface area contributed by atoms with Gasteiger partial charge < -0.3 is 10.8 Å². The number of nitrogens with zero attached hydrogens (tertiary/aromatic N) is 2. The highest BCUT2D eigenvalue weighted by Crippen LogP contribution is 2.20. The van der Waals surface area contributed by atoms with Crippen LogP contribution in [0.3, 0.4) is 0 Å². The van der Waals surface area contributed by atoms with Crippen molar-refractivity contribution in [3.63, 3.8) is 0 Å². The molecule has 2 rings (SSSR count). The van der Waals surface area contributed by atoms with E-state index in [1.165, 1.54) is 4.57 Å². The van der Waals surface area contributed by atoms with Crippen LogP contribution >= 0.6 is 15.9 Å². The molecule has 2 aromatic rings. The van der Waals surface area contributed by atoms with Crippen molar-refractivity contribution in [1.82, 2.24) is 14.8 Å². The Labute approximate surface area is 162 Å². The van der Waals surface area contributed by atoms with E-state index in [1.807, 2.05) is 13.0 Å². The minimum Gasteiger partial charge on any atom is -0.475 e. The molecule has 0 aliphatic heterocycles. The summed E-state index contributed by atoms with van der Waals surface area (Å²) >= 11 is 3.33. The summed E-state index contributed by atoms with van der Waals surface area (Å²) in [7, 11) is 0. The summed E-state index contributed by atoms with van der Waals surface area (Å²) in [5.74, 6) is -2.56. The fourth-order valence-corrected chi connectivity index (χ4v) is 2.45. The third-order valence-corrected chi connectivity index (χ3v) is 3.76. The Morgan fingerprint density at radius 3 is 2.36 bits per heavy atom. The quantitative estimate of drug-likeness (QED) is 0.592. The van der Waals surface area contributed by atoms with Crippen molar-refractivity contribution in [1.29, 1.82) is 0 Å². The fraction of sp³-hybridized carbons (Fsp3) is 0.267. The van der Waals surface area contributed by atoms with Crippen molar-refractivity contribution in [2.75, 3.05) is 6.54 Å². The topological polar surface area (TPSA) is 114 Å². The first-order chi connectivity index (χ1) is 12.9. The largest absolute Gasteiger partial charge is 0.490 e. The van der Waals surface area contributed by atoms with Crippen molar-refractivity contribution in [3.8, 4) is 5.69 Å². The van der Waals surface area contributed by atoms with Crippen LogP contribution in [0.1, 0.15) is 11.4 Å². The third kappa shape index (κ3) is 6.27. The van der Waals surface area contributed by atoms with Crippen LogP contribution in [0.4, 0.5) is 22.0 Å². The Kier molecular flexibility index (Phi) is 8.05. The number of carbonyl (C=O) groups is 1. The highest BCUT2D eigenvalue weighted by molar-refractivity contribution is 9.10. The van der Waals surface area contributed by atoms with Crippen LogP contribution in [0.15, 0.2) is 39.1 Å². The first-order valence-corrected chi connectivity index (χ1v) is 8.13. The van der Waals surface area contributed by atoms with Gasteiger partial charge in [0.1, 0.15) is 5.82 Å². The molecule has 4 N–H and O–H groups in total. The molecule has 13 heteroatoms. The van der Waals surface area contributed by atoms with E-state index in [0.29, 0.717) is 5.69 Å². The lowest BCUT2D eigenvalue weighted by molar-refractivity contribution is -0.192. The van der Waals surface area contributed by atoms with Gasteiger partial charge in [0, 0.05) is 23.0 Å². The molecule has 1 aromatic carbocycles. The van der Waals surface area contributed by atoms with Crippen LogP contribution in [0, 0.1) is 6.92 Å². The van der Waals surface area contributed by atoms with Crippen LogP contribution in [0.25, 0.3) is 5.69 Å². The number of hydrogen-bond donors (Lipinski definition) is 3. The molecule has 0 spiro atoms. The lowest BCUT2D eigenvalue weighted by Gasteiger charge is -2.10. The molecular formula is C15H14BrF5N4O3. The van der Waals surface area contributed by atoms with Crippen LogP contribution in [0.2, 0.25) is 0 Å². The molecule has 154 valence electrons. The van der Waals surface area contributed by atoms with Gasteiger partial charge >= 0.3 is 17.8 Å². The molecule has 0 radical (unpaired) electrons. The van der Waals surface area contributed by atoms with Gasteiger partial charge in [-0.2, -0.15) is 27.1 Å². The third-order valence-electron chi connectivity index (χ3n) is 3.27. The number of H-pyrrole nitrogens is 1. The van der Waals surface area contributed by atoms with Crippen molar-refractivity contribution in [3.05, 3.63) is 56.2 Å². The van der Waals surface area contributed by atoms with E-state index < -0.39 is 23.9 Å². The smallest absolute Gasteiger partial charge is 0.475 e. The normalized spacial score (nSPS) is 10.9. The van der Waals surface area contributed by atoms with E-state index in [1.54, 1.807) is 12.1 Å². The van der Waals surface area contributed by atoms with Gasteiger partial charge in [0.05, 0.1) is 5.69 Å². The van der Waals surface area contributed by atoms with Gasteiger partial charge in [-0.3, -0.25) is 0 Å². The van der Waals surface area contributed by atoms with Gasteiger partial charge in [-0.15, -0.1) is 0 Å². The van der Waals surface area contributed by atoms with Crippen LogP contribution < -0.4 is 11.4 Å². The van der Waals surface area contributed by atoms with Crippen molar-refractivity contribution in [2.24, 2.45) is 5.73 Å². The molecule has 0 saturated carbocycles. The zero-order valence-corrected chi connectivity index (χ0v) is 15.7. The molecule has 28 heavy (non-hydrogen) atoms. The highest BCUT2D eigenvalue weighted by atomic mass is 79.9. The minimum absolute atomic E-state index is 0.187. The Bertz CT molecular complexity index is 932. The first-order valence-electron chi connectivity index (χ1n) is 7.34. The Morgan fingerprint density at radius 1 is 1.36 bits per heavy atom. The number of aromatic nitrogens is 3. The molecule has 0 fully saturated rings. The fourth-order valence-electron chi connectivity index (χ4n) is 1.97. The zero-order valence-electron chi connectivity index (χ0n) is 14.1. The Balaban J connectivity index is 0.000000480. The van der Waals surface area contributed by atoms with Gasteiger partial charge in [0.15, 0.2) is 0 Å². The highest BCUT2D eigenvalue weighted by Gasteiger charge is 2.38. The molecule has 0 bridgehead atoms.